The van der Waals surface area contributed by atoms with Gasteiger partial charge in [0.2, 0.25) is 0 Å². The standard InChI is InChI=1S/C26H48F2O7/c1-6-11-15-30-19-20-21(32-16-12-7-2)22(33-17-13-8-3)23(34-18-14-9-4)24(35-20)26(27,28)25(29)31-10-5/h20-24H,6-19H2,1-5H3/t20-,21-,22+,23-,24-/m1/s1. The molecule has 0 N–H and O–H groups in total. The largest absolute Gasteiger partial charge is 0.461 e. The zero-order valence-electron chi connectivity index (χ0n) is 22.4. The third kappa shape index (κ3) is 10.6. The van der Waals surface area contributed by atoms with Gasteiger partial charge in [-0.2, -0.15) is 8.78 Å². The minimum Gasteiger partial charge on any atom is -0.461 e. The predicted octanol–water partition coefficient (Wildman–Crippen LogP) is 5.32. The molecule has 35 heavy (non-hydrogen) atoms. The first-order valence-electron chi connectivity index (χ1n) is 13.5. The van der Waals surface area contributed by atoms with Crippen molar-refractivity contribution in [2.24, 2.45) is 0 Å². The first-order valence-corrected chi connectivity index (χ1v) is 13.5. The highest BCUT2D eigenvalue weighted by Gasteiger charge is 2.61. The summed E-state index contributed by atoms with van der Waals surface area (Å²) in [6.45, 7) is 11.0. The predicted molar refractivity (Wildman–Crippen MR) is 130 cm³/mol. The molecule has 1 aliphatic rings. The van der Waals surface area contributed by atoms with Crippen molar-refractivity contribution < 1.29 is 42.0 Å². The molecule has 0 unspecified atom stereocenters. The van der Waals surface area contributed by atoms with Gasteiger partial charge in [-0.3, -0.25) is 0 Å². The number of halogens is 2. The van der Waals surface area contributed by atoms with E-state index in [2.05, 4.69) is 0 Å². The van der Waals surface area contributed by atoms with Crippen molar-refractivity contribution in [3.63, 3.8) is 0 Å². The number of rotatable bonds is 20. The number of alkyl halides is 2. The van der Waals surface area contributed by atoms with Crippen LogP contribution in [0.5, 0.6) is 0 Å². The maximum atomic E-state index is 15.4. The second-order valence-corrected chi connectivity index (χ2v) is 8.93. The molecule has 1 saturated heterocycles. The summed E-state index contributed by atoms with van der Waals surface area (Å²) in [6.07, 6.45) is 1.26. The highest BCUT2D eigenvalue weighted by Crippen LogP contribution is 2.37. The van der Waals surface area contributed by atoms with E-state index in [-0.39, 0.29) is 19.8 Å². The number of ether oxygens (including phenoxy) is 6. The first kappa shape index (κ1) is 32.2. The fourth-order valence-corrected chi connectivity index (χ4v) is 3.79. The van der Waals surface area contributed by atoms with Crippen molar-refractivity contribution >= 4 is 5.97 Å². The Kier molecular flexibility index (Phi) is 16.9. The van der Waals surface area contributed by atoms with E-state index >= 15 is 8.78 Å². The molecule has 208 valence electrons. The van der Waals surface area contributed by atoms with Gasteiger partial charge in [-0.25, -0.2) is 4.79 Å². The molecule has 0 aliphatic carbocycles. The van der Waals surface area contributed by atoms with Gasteiger partial charge in [-0.15, -0.1) is 0 Å². The van der Waals surface area contributed by atoms with Crippen LogP contribution in [0.3, 0.4) is 0 Å². The zero-order valence-corrected chi connectivity index (χ0v) is 22.4. The average molecular weight is 511 g/mol. The van der Waals surface area contributed by atoms with Gasteiger partial charge in [-0.05, 0) is 32.6 Å². The SMILES string of the molecule is CCCCOC[C@H]1O[C@@H](C(F)(F)C(=O)OCC)[C@H](OCCCC)[C@@H](OCCCC)[C@@H]1OCCCC. The van der Waals surface area contributed by atoms with Crippen LogP contribution in [-0.4, -0.2) is 82.1 Å². The number of unbranched alkanes of at least 4 members (excludes halogenated alkanes) is 4. The molecule has 0 aromatic carbocycles. The van der Waals surface area contributed by atoms with E-state index in [9.17, 15) is 4.79 Å². The summed E-state index contributed by atoms with van der Waals surface area (Å²) in [5.41, 5.74) is 0. The van der Waals surface area contributed by atoms with Crippen LogP contribution < -0.4 is 0 Å². The Labute approximate surface area is 210 Å². The summed E-state index contributed by atoms with van der Waals surface area (Å²) in [6, 6.07) is 0. The van der Waals surface area contributed by atoms with Crippen LogP contribution in [0.15, 0.2) is 0 Å². The van der Waals surface area contributed by atoms with Crippen molar-refractivity contribution in [1.29, 1.82) is 0 Å². The smallest absolute Gasteiger partial charge is 0.379 e. The summed E-state index contributed by atoms with van der Waals surface area (Å²) < 4.78 is 65.6. The van der Waals surface area contributed by atoms with Crippen LogP contribution in [0.2, 0.25) is 0 Å². The Bertz CT molecular complexity index is 550. The number of carbonyl (C=O) groups excluding carboxylic acids is 1. The molecule has 0 aromatic heterocycles. The Hall–Kier alpha value is -0.870. The minimum absolute atomic E-state index is 0.0571. The molecule has 0 aromatic rings. The van der Waals surface area contributed by atoms with Gasteiger partial charge >= 0.3 is 11.9 Å². The Morgan fingerprint density at radius 1 is 0.743 bits per heavy atom. The fraction of sp³-hybridized carbons (Fsp3) is 0.962. The number of carbonyl (C=O) groups is 1. The normalized spacial score (nSPS) is 25.1. The maximum absolute atomic E-state index is 15.4. The monoisotopic (exact) mass is 510 g/mol. The third-order valence-corrected chi connectivity index (χ3v) is 5.89. The van der Waals surface area contributed by atoms with Gasteiger partial charge in [0.15, 0.2) is 6.10 Å². The van der Waals surface area contributed by atoms with Gasteiger partial charge in [0, 0.05) is 26.4 Å². The van der Waals surface area contributed by atoms with Crippen molar-refractivity contribution in [2.45, 2.75) is 122 Å². The molecule has 0 amide bonds. The second kappa shape index (κ2) is 18.4. The molecule has 0 bridgehead atoms. The molecule has 9 heteroatoms. The lowest BCUT2D eigenvalue weighted by Crippen LogP contribution is -2.67. The minimum atomic E-state index is -3.92. The summed E-state index contributed by atoms with van der Waals surface area (Å²) in [5, 5.41) is 0. The van der Waals surface area contributed by atoms with E-state index in [1.54, 1.807) is 0 Å². The Morgan fingerprint density at radius 2 is 1.23 bits per heavy atom. The van der Waals surface area contributed by atoms with Crippen LogP contribution in [0.25, 0.3) is 0 Å². The highest BCUT2D eigenvalue weighted by atomic mass is 19.3. The quantitative estimate of drug-likeness (QED) is 0.162. The molecule has 1 fully saturated rings. The summed E-state index contributed by atoms with van der Waals surface area (Å²) in [5.74, 6) is -5.55. The van der Waals surface area contributed by atoms with E-state index in [1.165, 1.54) is 6.92 Å². The van der Waals surface area contributed by atoms with E-state index in [1.807, 2.05) is 27.7 Å². The lowest BCUT2D eigenvalue weighted by atomic mass is 9.90. The molecule has 0 saturated carbocycles. The average Bonchev–Trinajstić information content (AvgIpc) is 2.84. The molecule has 1 aliphatic heterocycles. The number of hydrogen-bond acceptors (Lipinski definition) is 7. The van der Waals surface area contributed by atoms with E-state index in [0.717, 1.165) is 44.9 Å². The van der Waals surface area contributed by atoms with Crippen LogP contribution in [0.4, 0.5) is 8.78 Å². The third-order valence-electron chi connectivity index (χ3n) is 5.89. The first-order chi connectivity index (χ1) is 16.9. The van der Waals surface area contributed by atoms with E-state index < -0.39 is 42.4 Å². The van der Waals surface area contributed by atoms with Gasteiger partial charge < -0.3 is 28.4 Å². The lowest BCUT2D eigenvalue weighted by Gasteiger charge is -2.47. The topological polar surface area (TPSA) is 72.5 Å². The Balaban J connectivity index is 3.33. The summed E-state index contributed by atoms with van der Waals surface area (Å²) in [4.78, 5) is 12.3. The van der Waals surface area contributed by atoms with E-state index in [0.29, 0.717) is 26.2 Å². The van der Waals surface area contributed by atoms with Crippen LogP contribution in [0, 0.1) is 0 Å². The number of hydrogen-bond donors (Lipinski definition) is 0. The van der Waals surface area contributed by atoms with Crippen molar-refractivity contribution in [1.82, 2.24) is 0 Å². The summed E-state index contributed by atoms with van der Waals surface area (Å²) >= 11 is 0. The van der Waals surface area contributed by atoms with E-state index in [4.69, 9.17) is 28.4 Å². The molecule has 0 spiro atoms. The molecule has 1 rings (SSSR count). The van der Waals surface area contributed by atoms with Crippen molar-refractivity contribution in [2.75, 3.05) is 39.6 Å². The van der Waals surface area contributed by atoms with Crippen molar-refractivity contribution in [3.05, 3.63) is 0 Å². The molecule has 0 radical (unpaired) electrons. The highest BCUT2D eigenvalue weighted by molar-refractivity contribution is 5.78. The van der Waals surface area contributed by atoms with Gasteiger partial charge in [0.05, 0.1) is 13.2 Å². The van der Waals surface area contributed by atoms with Crippen LogP contribution >= 0.6 is 0 Å². The van der Waals surface area contributed by atoms with Gasteiger partial charge in [-0.1, -0.05) is 53.4 Å². The van der Waals surface area contributed by atoms with Crippen molar-refractivity contribution in [3.8, 4) is 0 Å². The number of esters is 1. The lowest BCUT2D eigenvalue weighted by molar-refractivity contribution is -0.303. The van der Waals surface area contributed by atoms with Crippen LogP contribution in [-0.2, 0) is 33.2 Å². The zero-order chi connectivity index (χ0) is 26.1. The molecular formula is C26H48F2O7. The molecule has 5 atom stereocenters. The fourth-order valence-electron chi connectivity index (χ4n) is 3.79. The van der Waals surface area contributed by atoms with Crippen LogP contribution in [0.1, 0.15) is 86.0 Å². The Morgan fingerprint density at radius 3 is 1.74 bits per heavy atom. The summed E-state index contributed by atoms with van der Waals surface area (Å²) in [7, 11) is 0. The second-order valence-electron chi connectivity index (χ2n) is 8.93. The molecule has 1 heterocycles. The molecule has 7 nitrogen and oxygen atoms in total. The molecular weight excluding hydrogens is 462 g/mol. The maximum Gasteiger partial charge on any atom is 0.379 e. The van der Waals surface area contributed by atoms with Gasteiger partial charge in [0.1, 0.15) is 24.4 Å². The van der Waals surface area contributed by atoms with Gasteiger partial charge in [0.25, 0.3) is 0 Å².